The molecule has 0 radical (unpaired) electrons. The number of aliphatic hydroxyl groups excluding tert-OH is 1. The van der Waals surface area contributed by atoms with Gasteiger partial charge in [0, 0.05) is 5.92 Å². The Morgan fingerprint density at radius 3 is 2.69 bits per heavy atom. The number of hydrogen-bond acceptors (Lipinski definition) is 2. The predicted molar refractivity (Wildman–Crippen MR) is 53.6 cm³/mol. The number of ether oxygens (including phenoxy) is 1. The largest absolute Gasteiger partial charge is 0.389 e. The molecule has 0 amide bonds. The van der Waals surface area contributed by atoms with Crippen molar-refractivity contribution in [2.75, 3.05) is 6.61 Å². The summed E-state index contributed by atoms with van der Waals surface area (Å²) >= 11 is 0. The Balaban J connectivity index is 2.13. The maximum atomic E-state index is 9.40. The van der Waals surface area contributed by atoms with Gasteiger partial charge in [0.15, 0.2) is 0 Å². The summed E-state index contributed by atoms with van der Waals surface area (Å²) < 4.78 is 5.68. The van der Waals surface area contributed by atoms with Crippen molar-refractivity contribution in [3.63, 3.8) is 0 Å². The third-order valence-electron chi connectivity index (χ3n) is 2.72. The second-order valence-electron chi connectivity index (χ2n) is 3.94. The van der Waals surface area contributed by atoms with Gasteiger partial charge < -0.3 is 9.84 Å². The van der Waals surface area contributed by atoms with Crippen LogP contribution in [0.3, 0.4) is 0 Å². The minimum absolute atomic E-state index is 0.165. The van der Waals surface area contributed by atoms with E-state index >= 15 is 0 Å². The van der Waals surface area contributed by atoms with Gasteiger partial charge in [0.2, 0.25) is 0 Å². The van der Waals surface area contributed by atoms with Crippen LogP contribution in [0.25, 0.3) is 0 Å². The van der Waals surface area contributed by atoms with Gasteiger partial charge in [-0.25, -0.2) is 0 Å². The van der Waals surface area contributed by atoms with Crippen molar-refractivity contribution in [1.82, 2.24) is 0 Å². The maximum Gasteiger partial charge on any atom is 0.0765 e. The highest BCUT2D eigenvalue weighted by atomic mass is 16.5. The monoisotopic (exact) mass is 184 g/mol. The zero-order valence-corrected chi connectivity index (χ0v) is 8.41. The lowest BCUT2D eigenvalue weighted by Crippen LogP contribution is -2.22. The summed E-state index contributed by atoms with van der Waals surface area (Å²) in [5, 5.41) is 9.40. The number of aliphatic hydroxyl groups is 1. The fourth-order valence-electron chi connectivity index (χ4n) is 1.67. The Hall–Kier alpha value is -0.340. The summed E-state index contributed by atoms with van der Waals surface area (Å²) in [5.41, 5.74) is 0. The second-order valence-corrected chi connectivity index (χ2v) is 3.94. The lowest BCUT2D eigenvalue weighted by atomic mass is 10.1. The molecule has 76 valence electrons. The second kappa shape index (κ2) is 5.40. The van der Waals surface area contributed by atoms with Crippen LogP contribution in [0.4, 0.5) is 0 Å². The molecule has 0 aromatic rings. The van der Waals surface area contributed by atoms with Crippen molar-refractivity contribution in [2.45, 2.75) is 44.8 Å². The van der Waals surface area contributed by atoms with Gasteiger partial charge in [-0.3, -0.25) is 0 Å². The molecule has 2 unspecified atom stereocenters. The minimum Gasteiger partial charge on any atom is -0.389 e. The first-order valence-corrected chi connectivity index (χ1v) is 5.16. The third-order valence-corrected chi connectivity index (χ3v) is 2.72. The fourth-order valence-corrected chi connectivity index (χ4v) is 1.67. The van der Waals surface area contributed by atoms with Gasteiger partial charge in [-0.05, 0) is 12.8 Å². The smallest absolute Gasteiger partial charge is 0.0765 e. The van der Waals surface area contributed by atoms with Crippen LogP contribution < -0.4 is 0 Å². The van der Waals surface area contributed by atoms with Gasteiger partial charge in [0.05, 0.1) is 18.8 Å². The van der Waals surface area contributed by atoms with Crippen LogP contribution in [0.1, 0.15) is 32.6 Å². The van der Waals surface area contributed by atoms with E-state index in [9.17, 15) is 5.11 Å². The van der Waals surface area contributed by atoms with E-state index < -0.39 is 6.10 Å². The SMILES string of the molecule is C=CC(O)C(C)COC1CCCC1. The highest BCUT2D eigenvalue weighted by Gasteiger charge is 2.18. The zero-order valence-electron chi connectivity index (χ0n) is 8.41. The Morgan fingerprint density at radius 2 is 2.15 bits per heavy atom. The standard InChI is InChI=1S/C11H20O2/c1-3-11(12)9(2)8-13-10-6-4-5-7-10/h3,9-12H,1,4-8H2,2H3. The van der Waals surface area contributed by atoms with Crippen molar-refractivity contribution >= 4 is 0 Å². The van der Waals surface area contributed by atoms with Crippen LogP contribution in [-0.4, -0.2) is 23.9 Å². The summed E-state index contributed by atoms with van der Waals surface area (Å²) in [6.07, 6.45) is 6.56. The zero-order chi connectivity index (χ0) is 9.68. The molecule has 1 N–H and O–H groups in total. The van der Waals surface area contributed by atoms with Crippen molar-refractivity contribution in [3.8, 4) is 0 Å². The average Bonchev–Trinajstić information content (AvgIpc) is 2.65. The summed E-state index contributed by atoms with van der Waals surface area (Å²) in [6.45, 7) is 6.19. The Labute approximate surface area is 80.6 Å². The molecule has 1 aliphatic rings. The molecular weight excluding hydrogens is 164 g/mol. The summed E-state index contributed by atoms with van der Waals surface area (Å²) in [5.74, 6) is 0.165. The van der Waals surface area contributed by atoms with Crippen molar-refractivity contribution < 1.29 is 9.84 Å². The molecule has 2 atom stereocenters. The van der Waals surface area contributed by atoms with E-state index in [0.29, 0.717) is 12.7 Å². The van der Waals surface area contributed by atoms with Gasteiger partial charge in [-0.2, -0.15) is 0 Å². The molecule has 13 heavy (non-hydrogen) atoms. The summed E-state index contributed by atoms with van der Waals surface area (Å²) in [6, 6.07) is 0. The molecule has 0 aromatic heterocycles. The number of hydrogen-bond donors (Lipinski definition) is 1. The Morgan fingerprint density at radius 1 is 1.54 bits per heavy atom. The van der Waals surface area contributed by atoms with E-state index in [4.69, 9.17) is 4.74 Å². The Bertz CT molecular complexity index is 150. The van der Waals surface area contributed by atoms with Gasteiger partial charge in [-0.1, -0.05) is 25.8 Å². The van der Waals surface area contributed by atoms with Crippen LogP contribution in [0.2, 0.25) is 0 Å². The van der Waals surface area contributed by atoms with E-state index in [1.54, 1.807) is 6.08 Å². The average molecular weight is 184 g/mol. The van der Waals surface area contributed by atoms with Gasteiger partial charge in [-0.15, -0.1) is 6.58 Å². The topological polar surface area (TPSA) is 29.5 Å². The molecule has 1 aliphatic carbocycles. The van der Waals surface area contributed by atoms with Gasteiger partial charge in [0.1, 0.15) is 0 Å². The Kier molecular flexibility index (Phi) is 4.46. The molecule has 1 rings (SSSR count). The van der Waals surface area contributed by atoms with Crippen LogP contribution in [-0.2, 0) is 4.74 Å². The molecule has 0 spiro atoms. The van der Waals surface area contributed by atoms with E-state index in [0.717, 1.165) is 0 Å². The van der Waals surface area contributed by atoms with Crippen LogP contribution in [0.15, 0.2) is 12.7 Å². The molecule has 0 heterocycles. The molecule has 0 saturated heterocycles. The van der Waals surface area contributed by atoms with E-state index in [-0.39, 0.29) is 5.92 Å². The van der Waals surface area contributed by atoms with Gasteiger partial charge in [0.25, 0.3) is 0 Å². The predicted octanol–water partition coefficient (Wildman–Crippen LogP) is 2.13. The lowest BCUT2D eigenvalue weighted by molar-refractivity contribution is 0.00986. The van der Waals surface area contributed by atoms with E-state index in [1.165, 1.54) is 25.7 Å². The number of rotatable bonds is 5. The first kappa shape index (κ1) is 10.7. The van der Waals surface area contributed by atoms with Crippen LogP contribution >= 0.6 is 0 Å². The lowest BCUT2D eigenvalue weighted by Gasteiger charge is -2.18. The molecule has 1 fully saturated rings. The maximum absolute atomic E-state index is 9.40. The highest BCUT2D eigenvalue weighted by molar-refractivity contribution is 4.82. The molecule has 0 bridgehead atoms. The van der Waals surface area contributed by atoms with Crippen molar-refractivity contribution in [2.24, 2.45) is 5.92 Å². The fraction of sp³-hybridized carbons (Fsp3) is 0.818. The van der Waals surface area contributed by atoms with E-state index in [1.807, 2.05) is 6.92 Å². The molecule has 0 aliphatic heterocycles. The van der Waals surface area contributed by atoms with Crippen molar-refractivity contribution in [3.05, 3.63) is 12.7 Å². The molecule has 2 nitrogen and oxygen atoms in total. The first-order valence-electron chi connectivity index (χ1n) is 5.16. The van der Waals surface area contributed by atoms with Crippen LogP contribution in [0.5, 0.6) is 0 Å². The minimum atomic E-state index is -0.429. The van der Waals surface area contributed by atoms with E-state index in [2.05, 4.69) is 6.58 Å². The normalized spacial score (nSPS) is 22.9. The highest BCUT2D eigenvalue weighted by Crippen LogP contribution is 2.21. The first-order chi connectivity index (χ1) is 6.24. The summed E-state index contributed by atoms with van der Waals surface area (Å²) in [4.78, 5) is 0. The third kappa shape index (κ3) is 3.49. The molecule has 0 aromatic carbocycles. The quantitative estimate of drug-likeness (QED) is 0.663. The van der Waals surface area contributed by atoms with Gasteiger partial charge >= 0.3 is 0 Å². The molecule has 1 saturated carbocycles. The van der Waals surface area contributed by atoms with Crippen molar-refractivity contribution in [1.29, 1.82) is 0 Å². The molecule has 2 heteroatoms. The molecular formula is C11H20O2. The summed E-state index contributed by atoms with van der Waals surface area (Å²) in [7, 11) is 0. The van der Waals surface area contributed by atoms with Crippen LogP contribution in [0, 0.1) is 5.92 Å².